The Morgan fingerprint density at radius 3 is 2.64 bits per heavy atom. The number of nitrogens with zero attached hydrogens (tertiary/aromatic N) is 1. The van der Waals surface area contributed by atoms with E-state index in [1.54, 1.807) is 66.9 Å². The second kappa shape index (κ2) is 9.48. The van der Waals surface area contributed by atoms with Gasteiger partial charge in [-0.1, -0.05) is 33.6 Å². The molecule has 0 aromatic heterocycles. The first kappa shape index (κ1) is 20.0. The standard InChI is InChI=1S/C21H15BrClFN2O2/c22-15-6-9-20(19(24)10-15)25-12-14-4-7-18(8-5-14)28-13-21(27)26-17-3-1-2-16(23)11-17/h1-12H,13H2,(H,26,27). The van der Waals surface area contributed by atoms with Crippen LogP contribution >= 0.6 is 27.5 Å². The Balaban J connectivity index is 1.54. The van der Waals surface area contributed by atoms with E-state index in [2.05, 4.69) is 26.2 Å². The van der Waals surface area contributed by atoms with Crippen LogP contribution in [0.3, 0.4) is 0 Å². The third-order valence-electron chi connectivity index (χ3n) is 3.62. The molecule has 0 radical (unpaired) electrons. The van der Waals surface area contributed by atoms with Gasteiger partial charge in [0.05, 0.1) is 5.69 Å². The van der Waals surface area contributed by atoms with Crippen molar-refractivity contribution in [3.8, 4) is 5.75 Å². The summed E-state index contributed by atoms with van der Waals surface area (Å²) < 4.78 is 19.9. The van der Waals surface area contributed by atoms with E-state index in [1.165, 1.54) is 6.07 Å². The molecule has 0 aliphatic carbocycles. The van der Waals surface area contributed by atoms with Gasteiger partial charge in [0.1, 0.15) is 11.6 Å². The lowest BCUT2D eigenvalue weighted by Gasteiger charge is -2.08. The van der Waals surface area contributed by atoms with Gasteiger partial charge in [-0.25, -0.2) is 4.39 Å². The number of aliphatic imine (C=N–C) groups is 1. The number of carbonyl (C=O) groups excluding carboxylic acids is 1. The topological polar surface area (TPSA) is 50.7 Å². The highest BCUT2D eigenvalue weighted by Crippen LogP contribution is 2.22. The fourth-order valence-electron chi connectivity index (χ4n) is 2.29. The molecule has 0 spiro atoms. The normalized spacial score (nSPS) is 10.8. The lowest BCUT2D eigenvalue weighted by molar-refractivity contribution is -0.118. The first-order valence-electron chi connectivity index (χ1n) is 8.27. The van der Waals surface area contributed by atoms with Crippen LogP contribution in [0.2, 0.25) is 5.02 Å². The molecule has 3 rings (SSSR count). The van der Waals surface area contributed by atoms with E-state index in [1.807, 2.05) is 0 Å². The number of halogens is 3. The second-order valence-corrected chi connectivity index (χ2v) is 7.12. The third-order valence-corrected chi connectivity index (χ3v) is 4.35. The molecule has 1 amide bonds. The lowest BCUT2D eigenvalue weighted by Crippen LogP contribution is -2.20. The molecule has 0 unspecified atom stereocenters. The van der Waals surface area contributed by atoms with E-state index in [4.69, 9.17) is 16.3 Å². The van der Waals surface area contributed by atoms with Crippen molar-refractivity contribution in [3.05, 3.63) is 87.6 Å². The quantitative estimate of drug-likeness (QED) is 0.457. The van der Waals surface area contributed by atoms with Gasteiger partial charge in [-0.2, -0.15) is 0 Å². The molecule has 7 heteroatoms. The highest BCUT2D eigenvalue weighted by atomic mass is 79.9. The van der Waals surface area contributed by atoms with E-state index in [0.29, 0.717) is 20.9 Å². The Morgan fingerprint density at radius 1 is 1.14 bits per heavy atom. The number of carbonyl (C=O) groups is 1. The van der Waals surface area contributed by atoms with E-state index < -0.39 is 5.82 Å². The summed E-state index contributed by atoms with van der Waals surface area (Å²) in [6.45, 7) is -0.135. The molecule has 4 nitrogen and oxygen atoms in total. The van der Waals surface area contributed by atoms with E-state index in [0.717, 1.165) is 5.56 Å². The Kier molecular flexibility index (Phi) is 6.79. The molecule has 28 heavy (non-hydrogen) atoms. The van der Waals surface area contributed by atoms with Crippen molar-refractivity contribution in [1.82, 2.24) is 0 Å². The number of ether oxygens (including phenoxy) is 1. The van der Waals surface area contributed by atoms with Gasteiger partial charge in [0.2, 0.25) is 0 Å². The Bertz CT molecular complexity index is 1010. The predicted molar refractivity (Wildman–Crippen MR) is 113 cm³/mol. The van der Waals surface area contributed by atoms with E-state index in [-0.39, 0.29) is 18.2 Å². The Hall–Kier alpha value is -2.70. The van der Waals surface area contributed by atoms with Crippen molar-refractivity contribution in [3.63, 3.8) is 0 Å². The molecule has 3 aromatic rings. The predicted octanol–water partition coefficient (Wildman–Crippen LogP) is 6.01. The zero-order chi connectivity index (χ0) is 19.9. The van der Waals surface area contributed by atoms with E-state index >= 15 is 0 Å². The molecule has 0 bridgehead atoms. The minimum atomic E-state index is -0.406. The zero-order valence-electron chi connectivity index (χ0n) is 14.5. The van der Waals surface area contributed by atoms with Crippen LogP contribution in [-0.2, 0) is 4.79 Å². The Labute approximate surface area is 175 Å². The largest absolute Gasteiger partial charge is 0.484 e. The summed E-state index contributed by atoms with van der Waals surface area (Å²) >= 11 is 9.09. The molecule has 0 saturated carbocycles. The zero-order valence-corrected chi connectivity index (χ0v) is 16.9. The maximum absolute atomic E-state index is 13.8. The van der Waals surface area contributed by atoms with Gasteiger partial charge in [-0.05, 0) is 66.2 Å². The monoisotopic (exact) mass is 460 g/mol. The molecule has 0 aliphatic rings. The molecule has 0 saturated heterocycles. The van der Waals surface area contributed by atoms with Gasteiger partial charge in [0.25, 0.3) is 5.91 Å². The van der Waals surface area contributed by atoms with Crippen LogP contribution in [0.25, 0.3) is 0 Å². The molecule has 0 atom stereocenters. The smallest absolute Gasteiger partial charge is 0.262 e. The summed E-state index contributed by atoms with van der Waals surface area (Å²) in [4.78, 5) is 16.1. The second-order valence-electron chi connectivity index (χ2n) is 5.77. The average Bonchev–Trinajstić information content (AvgIpc) is 2.66. The van der Waals surface area contributed by atoms with Crippen LogP contribution in [0, 0.1) is 5.82 Å². The maximum atomic E-state index is 13.8. The van der Waals surface area contributed by atoms with Gasteiger partial charge < -0.3 is 10.1 Å². The third kappa shape index (κ3) is 5.90. The van der Waals surface area contributed by atoms with Crippen molar-refractivity contribution in [2.75, 3.05) is 11.9 Å². The van der Waals surface area contributed by atoms with Crippen molar-refractivity contribution >= 4 is 51.0 Å². The van der Waals surface area contributed by atoms with Crippen LogP contribution in [0.4, 0.5) is 15.8 Å². The molecule has 0 heterocycles. The maximum Gasteiger partial charge on any atom is 0.262 e. The number of benzene rings is 3. The lowest BCUT2D eigenvalue weighted by atomic mass is 10.2. The highest BCUT2D eigenvalue weighted by Gasteiger charge is 2.05. The number of amides is 1. The van der Waals surface area contributed by atoms with Gasteiger partial charge >= 0.3 is 0 Å². The molecule has 142 valence electrons. The van der Waals surface area contributed by atoms with Crippen LogP contribution in [0.5, 0.6) is 5.75 Å². The summed E-state index contributed by atoms with van der Waals surface area (Å²) in [7, 11) is 0. The fraction of sp³-hybridized carbons (Fsp3) is 0.0476. The van der Waals surface area contributed by atoms with Gasteiger partial charge in [0, 0.05) is 21.4 Å². The summed E-state index contributed by atoms with van der Waals surface area (Å²) in [6, 6.07) is 18.5. The first-order chi connectivity index (χ1) is 13.5. The van der Waals surface area contributed by atoms with Gasteiger partial charge in [0.15, 0.2) is 6.61 Å². The van der Waals surface area contributed by atoms with Crippen LogP contribution in [0.15, 0.2) is 76.2 Å². The minimum absolute atomic E-state index is 0.135. The average molecular weight is 462 g/mol. The molecular weight excluding hydrogens is 447 g/mol. The molecular formula is C21H15BrClFN2O2. The Morgan fingerprint density at radius 2 is 1.93 bits per heavy atom. The highest BCUT2D eigenvalue weighted by molar-refractivity contribution is 9.10. The van der Waals surface area contributed by atoms with Crippen molar-refractivity contribution < 1.29 is 13.9 Å². The van der Waals surface area contributed by atoms with Crippen LogP contribution in [0.1, 0.15) is 5.56 Å². The number of hydrogen-bond acceptors (Lipinski definition) is 3. The van der Waals surface area contributed by atoms with Crippen LogP contribution in [-0.4, -0.2) is 18.7 Å². The SMILES string of the molecule is O=C(COc1ccc(C=Nc2ccc(Br)cc2F)cc1)Nc1cccc(Cl)c1. The summed E-state index contributed by atoms with van der Waals surface area (Å²) in [5.74, 6) is -0.164. The van der Waals surface area contributed by atoms with E-state index in [9.17, 15) is 9.18 Å². The van der Waals surface area contributed by atoms with Crippen molar-refractivity contribution in [1.29, 1.82) is 0 Å². The number of nitrogens with one attached hydrogen (secondary N) is 1. The molecule has 0 aliphatic heterocycles. The minimum Gasteiger partial charge on any atom is -0.484 e. The van der Waals surface area contributed by atoms with Gasteiger partial charge in [-0.15, -0.1) is 0 Å². The molecule has 1 N–H and O–H groups in total. The molecule has 0 fully saturated rings. The number of rotatable bonds is 6. The van der Waals surface area contributed by atoms with Crippen molar-refractivity contribution in [2.45, 2.75) is 0 Å². The van der Waals surface area contributed by atoms with Crippen molar-refractivity contribution in [2.24, 2.45) is 4.99 Å². The first-order valence-corrected chi connectivity index (χ1v) is 9.44. The summed E-state index contributed by atoms with van der Waals surface area (Å²) in [5, 5.41) is 3.24. The number of hydrogen-bond donors (Lipinski definition) is 1. The summed E-state index contributed by atoms with van der Waals surface area (Å²) in [6.07, 6.45) is 1.56. The number of anilines is 1. The van der Waals surface area contributed by atoms with Crippen LogP contribution < -0.4 is 10.1 Å². The summed E-state index contributed by atoms with van der Waals surface area (Å²) in [5.41, 5.74) is 1.63. The van der Waals surface area contributed by atoms with Gasteiger partial charge in [-0.3, -0.25) is 9.79 Å². The molecule has 3 aromatic carbocycles. The fourth-order valence-corrected chi connectivity index (χ4v) is 2.82.